The number of carbonyl (C=O) groups is 2. The van der Waals surface area contributed by atoms with Crippen LogP contribution in [0.4, 0.5) is 20.2 Å². The first-order valence-electron chi connectivity index (χ1n) is 7.76. The highest BCUT2D eigenvalue weighted by molar-refractivity contribution is 5.96. The van der Waals surface area contributed by atoms with Crippen molar-refractivity contribution in [1.82, 2.24) is 0 Å². The summed E-state index contributed by atoms with van der Waals surface area (Å²) >= 11 is 0. The molecule has 1 N–H and O–H groups in total. The number of halogens is 2. The molecule has 0 unspecified atom stereocenters. The van der Waals surface area contributed by atoms with Crippen molar-refractivity contribution in [2.45, 2.75) is 13.2 Å². The SMILES string of the molecule is Cc1ccc(C(=O)OCC(=O)Nc2ccc3c(c2)OC(F)(F)O3)cc1[N+](=O)[O-]. The maximum atomic E-state index is 13.0. The predicted octanol–water partition coefficient (Wildman–Crippen LogP) is 3.02. The largest absolute Gasteiger partial charge is 0.586 e. The zero-order valence-electron chi connectivity index (χ0n) is 14.2. The zero-order chi connectivity index (χ0) is 20.5. The normalized spacial score (nSPS) is 13.7. The molecule has 0 aromatic heterocycles. The summed E-state index contributed by atoms with van der Waals surface area (Å²) in [5.41, 5.74) is 0.145. The first kappa shape index (κ1) is 19.0. The van der Waals surface area contributed by atoms with Gasteiger partial charge >= 0.3 is 12.3 Å². The second kappa shape index (κ2) is 7.10. The predicted molar refractivity (Wildman–Crippen MR) is 89.4 cm³/mol. The van der Waals surface area contributed by atoms with Crippen LogP contribution in [-0.2, 0) is 9.53 Å². The van der Waals surface area contributed by atoms with E-state index in [0.29, 0.717) is 5.56 Å². The van der Waals surface area contributed by atoms with Crippen molar-refractivity contribution in [2.75, 3.05) is 11.9 Å². The van der Waals surface area contributed by atoms with E-state index in [1.807, 2.05) is 0 Å². The zero-order valence-corrected chi connectivity index (χ0v) is 14.2. The molecule has 1 aliphatic rings. The van der Waals surface area contributed by atoms with Gasteiger partial charge in [0.2, 0.25) is 0 Å². The number of aryl methyl sites for hydroxylation is 1. The molecule has 0 bridgehead atoms. The Labute approximate surface area is 156 Å². The molecule has 0 radical (unpaired) electrons. The smallest absolute Gasteiger partial charge is 0.452 e. The van der Waals surface area contributed by atoms with E-state index in [9.17, 15) is 28.5 Å². The van der Waals surface area contributed by atoms with Crippen molar-refractivity contribution < 1.29 is 37.5 Å². The molecule has 11 heteroatoms. The van der Waals surface area contributed by atoms with Crippen molar-refractivity contribution in [1.29, 1.82) is 0 Å². The number of ether oxygens (including phenoxy) is 3. The molecule has 0 fully saturated rings. The Morgan fingerprint density at radius 2 is 1.89 bits per heavy atom. The highest BCUT2D eigenvalue weighted by Crippen LogP contribution is 2.42. The van der Waals surface area contributed by atoms with Crippen LogP contribution in [-0.4, -0.2) is 29.7 Å². The number of nitrogens with zero attached hydrogens (tertiary/aromatic N) is 1. The molecule has 2 aromatic carbocycles. The van der Waals surface area contributed by atoms with Gasteiger partial charge in [-0.05, 0) is 25.1 Å². The molecular formula is C17H12F2N2O7. The number of carbonyl (C=O) groups excluding carboxylic acids is 2. The number of anilines is 1. The number of rotatable bonds is 5. The lowest BCUT2D eigenvalue weighted by Crippen LogP contribution is -2.25. The van der Waals surface area contributed by atoms with Gasteiger partial charge in [0, 0.05) is 23.4 Å². The Hall–Kier alpha value is -3.76. The maximum Gasteiger partial charge on any atom is 0.586 e. The number of benzene rings is 2. The van der Waals surface area contributed by atoms with E-state index < -0.39 is 29.7 Å². The Kier molecular flexibility index (Phi) is 4.82. The van der Waals surface area contributed by atoms with E-state index >= 15 is 0 Å². The first-order valence-corrected chi connectivity index (χ1v) is 7.76. The Morgan fingerprint density at radius 3 is 2.61 bits per heavy atom. The molecule has 28 heavy (non-hydrogen) atoms. The molecule has 0 saturated heterocycles. The summed E-state index contributed by atoms with van der Waals surface area (Å²) in [4.78, 5) is 34.1. The van der Waals surface area contributed by atoms with E-state index in [1.54, 1.807) is 0 Å². The molecule has 1 amide bonds. The maximum absolute atomic E-state index is 13.0. The summed E-state index contributed by atoms with van der Waals surface area (Å²) in [6.45, 7) is 0.826. The summed E-state index contributed by atoms with van der Waals surface area (Å²) in [6.07, 6.45) is -3.78. The Bertz CT molecular complexity index is 978. The van der Waals surface area contributed by atoms with Crippen LogP contribution in [0, 0.1) is 17.0 Å². The third kappa shape index (κ3) is 4.14. The van der Waals surface area contributed by atoms with Crippen molar-refractivity contribution >= 4 is 23.3 Å². The number of amides is 1. The average molecular weight is 394 g/mol. The first-order chi connectivity index (χ1) is 13.1. The van der Waals surface area contributed by atoms with Gasteiger partial charge in [-0.25, -0.2) is 4.79 Å². The number of hydrogen-bond acceptors (Lipinski definition) is 7. The fraction of sp³-hybridized carbons (Fsp3) is 0.176. The summed E-state index contributed by atoms with van der Waals surface area (Å²) in [5, 5.41) is 13.2. The summed E-state index contributed by atoms with van der Waals surface area (Å²) < 4.78 is 39.3. The van der Waals surface area contributed by atoms with E-state index in [0.717, 1.165) is 12.1 Å². The van der Waals surface area contributed by atoms with Gasteiger partial charge < -0.3 is 19.5 Å². The van der Waals surface area contributed by atoms with E-state index in [2.05, 4.69) is 14.8 Å². The fourth-order valence-corrected chi connectivity index (χ4v) is 2.37. The van der Waals surface area contributed by atoms with Crippen molar-refractivity contribution in [3.8, 4) is 11.5 Å². The van der Waals surface area contributed by atoms with Crippen LogP contribution in [0.2, 0.25) is 0 Å². The van der Waals surface area contributed by atoms with E-state index in [-0.39, 0.29) is 28.4 Å². The third-order valence-corrected chi connectivity index (χ3v) is 3.66. The van der Waals surface area contributed by atoms with Gasteiger partial charge in [0.05, 0.1) is 10.5 Å². The molecule has 2 aromatic rings. The molecule has 3 rings (SSSR count). The highest BCUT2D eigenvalue weighted by atomic mass is 19.3. The van der Waals surface area contributed by atoms with Gasteiger partial charge in [-0.2, -0.15) is 0 Å². The molecule has 0 saturated carbocycles. The molecule has 0 spiro atoms. The van der Waals surface area contributed by atoms with Crippen LogP contribution in [0.25, 0.3) is 0 Å². The highest BCUT2D eigenvalue weighted by Gasteiger charge is 2.43. The number of hydrogen-bond donors (Lipinski definition) is 1. The number of nitro benzene ring substituents is 1. The quantitative estimate of drug-likeness (QED) is 0.471. The minimum absolute atomic E-state index is 0.0876. The van der Waals surface area contributed by atoms with Crippen LogP contribution < -0.4 is 14.8 Å². The fourth-order valence-electron chi connectivity index (χ4n) is 2.37. The van der Waals surface area contributed by atoms with Crippen LogP contribution >= 0.6 is 0 Å². The summed E-state index contributed by atoms with van der Waals surface area (Å²) in [5.74, 6) is -2.12. The number of nitro groups is 1. The molecule has 0 aliphatic carbocycles. The van der Waals surface area contributed by atoms with E-state index in [4.69, 9.17) is 4.74 Å². The minimum atomic E-state index is -3.78. The lowest BCUT2D eigenvalue weighted by Gasteiger charge is -2.07. The van der Waals surface area contributed by atoms with Crippen LogP contribution in [0.15, 0.2) is 36.4 Å². The van der Waals surface area contributed by atoms with Crippen molar-refractivity contribution in [2.24, 2.45) is 0 Å². The molecular weight excluding hydrogens is 382 g/mol. The second-order valence-corrected chi connectivity index (χ2v) is 5.71. The van der Waals surface area contributed by atoms with Crippen LogP contribution in [0.5, 0.6) is 11.5 Å². The Balaban J connectivity index is 1.59. The van der Waals surface area contributed by atoms with Crippen molar-refractivity contribution in [3.63, 3.8) is 0 Å². The number of alkyl halides is 2. The monoisotopic (exact) mass is 394 g/mol. The summed E-state index contributed by atoms with van der Waals surface area (Å²) in [7, 11) is 0. The average Bonchev–Trinajstić information content (AvgIpc) is 2.92. The van der Waals surface area contributed by atoms with Crippen molar-refractivity contribution in [3.05, 3.63) is 57.6 Å². The van der Waals surface area contributed by atoms with Gasteiger partial charge in [-0.3, -0.25) is 14.9 Å². The summed E-state index contributed by atoms with van der Waals surface area (Å²) in [6, 6.07) is 7.38. The number of fused-ring (bicyclic) bond motifs is 1. The molecule has 146 valence electrons. The number of esters is 1. The van der Waals surface area contributed by atoms with Gasteiger partial charge in [0.1, 0.15) is 0 Å². The topological polar surface area (TPSA) is 117 Å². The van der Waals surface area contributed by atoms with E-state index in [1.165, 1.54) is 31.2 Å². The van der Waals surface area contributed by atoms with Gasteiger partial charge in [-0.1, -0.05) is 6.07 Å². The third-order valence-electron chi connectivity index (χ3n) is 3.66. The lowest BCUT2D eigenvalue weighted by atomic mass is 10.1. The minimum Gasteiger partial charge on any atom is -0.452 e. The lowest BCUT2D eigenvalue weighted by molar-refractivity contribution is -0.385. The van der Waals surface area contributed by atoms with Gasteiger partial charge in [0.15, 0.2) is 18.1 Å². The molecule has 0 atom stereocenters. The molecule has 1 aliphatic heterocycles. The Morgan fingerprint density at radius 1 is 1.18 bits per heavy atom. The van der Waals surface area contributed by atoms with Gasteiger partial charge in [-0.15, -0.1) is 8.78 Å². The van der Waals surface area contributed by atoms with Gasteiger partial charge in [0.25, 0.3) is 11.6 Å². The standard InChI is InChI=1S/C17H12F2N2O7/c1-9-2-3-10(6-12(9)21(24)25)16(23)26-8-15(22)20-11-4-5-13-14(7-11)28-17(18,19)27-13/h2-7H,8H2,1H3,(H,20,22). The molecule has 9 nitrogen and oxygen atoms in total. The molecule has 1 heterocycles. The number of nitrogens with one attached hydrogen (secondary N) is 1. The second-order valence-electron chi connectivity index (χ2n) is 5.71. The van der Waals surface area contributed by atoms with Crippen LogP contribution in [0.3, 0.4) is 0 Å². The van der Waals surface area contributed by atoms with Crippen LogP contribution in [0.1, 0.15) is 15.9 Å².